The third kappa shape index (κ3) is 5.98. The molecule has 0 spiro atoms. The van der Waals surface area contributed by atoms with E-state index >= 15 is 0 Å². The molecule has 0 saturated heterocycles. The van der Waals surface area contributed by atoms with E-state index in [1.54, 1.807) is 43.3 Å². The lowest BCUT2D eigenvalue weighted by Crippen LogP contribution is -2.28. The van der Waals surface area contributed by atoms with E-state index in [4.69, 9.17) is 16.3 Å². The molecule has 0 aliphatic carbocycles. The highest BCUT2D eigenvalue weighted by Crippen LogP contribution is 2.27. The quantitative estimate of drug-likeness (QED) is 0.351. The molecule has 3 aromatic rings. The molecule has 0 aromatic heterocycles. The van der Waals surface area contributed by atoms with Gasteiger partial charge in [0.15, 0.2) is 5.78 Å². The second kappa shape index (κ2) is 10.6. The van der Waals surface area contributed by atoms with Crippen LogP contribution in [-0.4, -0.2) is 40.4 Å². The summed E-state index contributed by atoms with van der Waals surface area (Å²) in [7, 11) is -2.59. The van der Waals surface area contributed by atoms with Crippen LogP contribution in [-0.2, 0) is 14.8 Å². The van der Waals surface area contributed by atoms with Gasteiger partial charge in [0, 0.05) is 35.4 Å². The molecule has 0 fully saturated rings. The van der Waals surface area contributed by atoms with Crippen molar-refractivity contribution in [3.8, 4) is 0 Å². The maximum atomic E-state index is 13.1. The number of rotatable bonds is 9. The molecule has 0 aliphatic heterocycles. The predicted octanol–water partition coefficient (Wildman–Crippen LogP) is 4.06. The Hall–Kier alpha value is -3.20. The predicted molar refractivity (Wildman–Crippen MR) is 128 cm³/mol. The summed E-state index contributed by atoms with van der Waals surface area (Å²) in [5, 5.41) is 2.97. The van der Waals surface area contributed by atoms with Crippen LogP contribution in [0.25, 0.3) is 0 Å². The van der Waals surface area contributed by atoms with Crippen molar-refractivity contribution in [3.05, 3.63) is 94.0 Å². The average molecular weight is 487 g/mol. The molecule has 0 heterocycles. The molecule has 33 heavy (non-hydrogen) atoms. The van der Waals surface area contributed by atoms with Crippen molar-refractivity contribution < 1.29 is 22.7 Å². The van der Waals surface area contributed by atoms with Crippen molar-refractivity contribution in [1.29, 1.82) is 0 Å². The van der Waals surface area contributed by atoms with Gasteiger partial charge in [-0.15, -0.1) is 0 Å². The number of carbonyl (C=O) groups excluding carboxylic acids is 2. The summed E-state index contributed by atoms with van der Waals surface area (Å²) < 4.78 is 33.7. The first-order valence-electron chi connectivity index (χ1n) is 10.0. The van der Waals surface area contributed by atoms with Crippen molar-refractivity contribution in [2.24, 2.45) is 0 Å². The van der Waals surface area contributed by atoms with Crippen LogP contribution in [0.4, 0.5) is 5.69 Å². The molecule has 172 valence electrons. The number of anilines is 1. The van der Waals surface area contributed by atoms with Crippen LogP contribution in [0.3, 0.4) is 0 Å². The number of methoxy groups -OCH3 is 1. The summed E-state index contributed by atoms with van der Waals surface area (Å²) in [5.74, 6) is -0.786. The number of ether oxygens (including phenoxy) is 1. The standard InChI is InChI=1S/C24H23ClN2O5S/c1-16-8-10-19(15-20(16)24(29)26-12-13-32-2)33(30,31)27-22-11-9-18(25)14-21(22)23(28)17-6-4-3-5-7-17/h3-11,14-15,27H,12-13H2,1-2H3,(H,26,29). The third-order valence-electron chi connectivity index (χ3n) is 4.86. The Morgan fingerprint density at radius 2 is 1.70 bits per heavy atom. The topological polar surface area (TPSA) is 102 Å². The molecule has 0 unspecified atom stereocenters. The van der Waals surface area contributed by atoms with Gasteiger partial charge in [0.25, 0.3) is 15.9 Å². The maximum Gasteiger partial charge on any atom is 0.261 e. The number of hydrogen-bond donors (Lipinski definition) is 2. The van der Waals surface area contributed by atoms with Gasteiger partial charge in [-0.05, 0) is 42.8 Å². The SMILES string of the molecule is COCCNC(=O)c1cc(S(=O)(=O)Nc2ccc(Cl)cc2C(=O)c2ccccc2)ccc1C. The lowest BCUT2D eigenvalue weighted by Gasteiger charge is -2.14. The second-order valence-corrected chi connectivity index (χ2v) is 9.33. The molecule has 0 aliphatic rings. The summed E-state index contributed by atoms with van der Waals surface area (Å²) in [4.78, 5) is 25.4. The summed E-state index contributed by atoms with van der Waals surface area (Å²) in [6.07, 6.45) is 0. The van der Waals surface area contributed by atoms with E-state index < -0.39 is 15.9 Å². The van der Waals surface area contributed by atoms with E-state index in [1.807, 2.05) is 0 Å². The van der Waals surface area contributed by atoms with Gasteiger partial charge in [0.2, 0.25) is 0 Å². The molecule has 7 nitrogen and oxygen atoms in total. The number of benzene rings is 3. The van der Waals surface area contributed by atoms with Crippen molar-refractivity contribution in [2.75, 3.05) is 25.0 Å². The van der Waals surface area contributed by atoms with Gasteiger partial charge in [-0.3, -0.25) is 14.3 Å². The molecule has 9 heteroatoms. The van der Waals surface area contributed by atoms with Gasteiger partial charge in [-0.1, -0.05) is 48.0 Å². The van der Waals surface area contributed by atoms with E-state index in [2.05, 4.69) is 10.0 Å². The molecule has 3 aromatic carbocycles. The number of carbonyl (C=O) groups is 2. The molecule has 1 amide bonds. The Morgan fingerprint density at radius 3 is 2.39 bits per heavy atom. The van der Waals surface area contributed by atoms with Crippen LogP contribution in [0.15, 0.2) is 71.6 Å². The van der Waals surface area contributed by atoms with E-state index in [9.17, 15) is 18.0 Å². The second-order valence-electron chi connectivity index (χ2n) is 7.22. The number of hydrogen-bond acceptors (Lipinski definition) is 5. The van der Waals surface area contributed by atoms with E-state index in [1.165, 1.54) is 37.4 Å². The summed E-state index contributed by atoms with van der Waals surface area (Å²) in [6.45, 7) is 2.34. The van der Waals surface area contributed by atoms with Crippen LogP contribution in [0.5, 0.6) is 0 Å². The third-order valence-corrected chi connectivity index (χ3v) is 6.46. The molecule has 0 saturated carbocycles. The van der Waals surface area contributed by atoms with Crippen LogP contribution >= 0.6 is 11.6 Å². The minimum absolute atomic E-state index is 0.0833. The van der Waals surface area contributed by atoms with Crippen molar-refractivity contribution >= 4 is 39.0 Å². The highest BCUT2D eigenvalue weighted by molar-refractivity contribution is 7.92. The fourth-order valence-electron chi connectivity index (χ4n) is 3.12. The molecular weight excluding hydrogens is 464 g/mol. The highest BCUT2D eigenvalue weighted by atomic mass is 35.5. The molecular formula is C24H23ClN2O5S. The van der Waals surface area contributed by atoms with E-state index in [0.29, 0.717) is 29.3 Å². The van der Waals surface area contributed by atoms with Gasteiger partial charge in [-0.2, -0.15) is 0 Å². The minimum Gasteiger partial charge on any atom is -0.383 e. The molecule has 2 N–H and O–H groups in total. The number of ketones is 1. The van der Waals surface area contributed by atoms with E-state index in [-0.39, 0.29) is 27.5 Å². The zero-order valence-electron chi connectivity index (χ0n) is 18.1. The van der Waals surface area contributed by atoms with Crippen molar-refractivity contribution in [2.45, 2.75) is 11.8 Å². The van der Waals surface area contributed by atoms with Crippen LogP contribution in [0.2, 0.25) is 5.02 Å². The van der Waals surface area contributed by atoms with Gasteiger partial charge in [0.1, 0.15) is 0 Å². The first-order chi connectivity index (χ1) is 15.7. The first-order valence-corrected chi connectivity index (χ1v) is 11.9. The fourth-order valence-corrected chi connectivity index (χ4v) is 4.39. The van der Waals surface area contributed by atoms with Crippen LogP contribution < -0.4 is 10.0 Å². The minimum atomic E-state index is -4.11. The van der Waals surface area contributed by atoms with Gasteiger partial charge < -0.3 is 10.1 Å². The average Bonchev–Trinajstić information content (AvgIpc) is 2.80. The van der Waals surface area contributed by atoms with Crippen molar-refractivity contribution in [1.82, 2.24) is 5.32 Å². The number of halogens is 1. The Labute approximate surface area is 197 Å². The van der Waals surface area contributed by atoms with Gasteiger partial charge >= 0.3 is 0 Å². The Morgan fingerprint density at radius 1 is 0.970 bits per heavy atom. The Bertz CT molecular complexity index is 1280. The van der Waals surface area contributed by atoms with E-state index in [0.717, 1.165) is 0 Å². The summed E-state index contributed by atoms with van der Waals surface area (Å²) >= 11 is 6.08. The zero-order valence-corrected chi connectivity index (χ0v) is 19.7. The molecule has 0 radical (unpaired) electrons. The monoisotopic (exact) mass is 486 g/mol. The first kappa shape index (κ1) is 24.4. The largest absolute Gasteiger partial charge is 0.383 e. The lowest BCUT2D eigenvalue weighted by atomic mass is 10.0. The van der Waals surface area contributed by atoms with Gasteiger partial charge in [0.05, 0.1) is 17.2 Å². The summed E-state index contributed by atoms with van der Waals surface area (Å²) in [5.41, 5.74) is 1.44. The van der Waals surface area contributed by atoms with Crippen molar-refractivity contribution in [3.63, 3.8) is 0 Å². The highest BCUT2D eigenvalue weighted by Gasteiger charge is 2.22. The Balaban J connectivity index is 1.94. The molecule has 0 atom stereocenters. The maximum absolute atomic E-state index is 13.1. The fraction of sp³-hybridized carbons (Fsp3) is 0.167. The normalized spacial score (nSPS) is 11.1. The smallest absolute Gasteiger partial charge is 0.261 e. The van der Waals surface area contributed by atoms with Crippen LogP contribution in [0.1, 0.15) is 31.8 Å². The zero-order chi connectivity index (χ0) is 24.0. The van der Waals surface area contributed by atoms with Gasteiger partial charge in [-0.25, -0.2) is 8.42 Å². The lowest BCUT2D eigenvalue weighted by molar-refractivity contribution is 0.0935. The molecule has 3 rings (SSSR count). The number of sulfonamides is 1. The molecule has 0 bridgehead atoms. The van der Waals surface area contributed by atoms with Crippen LogP contribution in [0, 0.1) is 6.92 Å². The number of amides is 1. The number of aryl methyl sites for hydroxylation is 1. The Kier molecular flexibility index (Phi) is 7.86. The summed E-state index contributed by atoms with van der Waals surface area (Å²) in [6, 6.07) is 17.1. The number of nitrogens with one attached hydrogen (secondary N) is 2.